The molecule has 1 heterocycles. The first-order chi connectivity index (χ1) is 12.5. The number of rotatable bonds is 3. The lowest BCUT2D eigenvalue weighted by Crippen LogP contribution is -2.45. The van der Waals surface area contributed by atoms with Crippen LogP contribution in [0.1, 0.15) is 12.8 Å². The van der Waals surface area contributed by atoms with Gasteiger partial charge in [0.1, 0.15) is 5.82 Å². The summed E-state index contributed by atoms with van der Waals surface area (Å²) in [6.45, 7) is 0.935. The molecule has 26 heavy (non-hydrogen) atoms. The van der Waals surface area contributed by atoms with Gasteiger partial charge in [0.05, 0.1) is 10.9 Å². The van der Waals surface area contributed by atoms with Crippen LogP contribution in [-0.4, -0.2) is 29.9 Å². The highest BCUT2D eigenvalue weighted by Crippen LogP contribution is 2.22. The summed E-state index contributed by atoms with van der Waals surface area (Å²) in [4.78, 5) is 26.5. The van der Waals surface area contributed by atoms with Crippen molar-refractivity contribution in [3.05, 3.63) is 59.4 Å². The predicted molar refractivity (Wildman–Crippen MR) is 99.8 cm³/mol. The second kappa shape index (κ2) is 8.19. The van der Waals surface area contributed by atoms with Gasteiger partial charge < -0.3 is 15.5 Å². The van der Waals surface area contributed by atoms with E-state index in [2.05, 4.69) is 10.6 Å². The number of carbonyl (C=O) groups is 2. The van der Waals surface area contributed by atoms with Gasteiger partial charge in [0.25, 0.3) is 0 Å². The highest BCUT2D eigenvalue weighted by atomic mass is 35.5. The summed E-state index contributed by atoms with van der Waals surface area (Å²) in [7, 11) is 0. The Balaban J connectivity index is 1.59. The van der Waals surface area contributed by atoms with Gasteiger partial charge in [-0.1, -0.05) is 29.8 Å². The maximum atomic E-state index is 13.2. The zero-order chi connectivity index (χ0) is 18.5. The van der Waals surface area contributed by atoms with E-state index in [0.29, 0.717) is 30.9 Å². The Labute approximate surface area is 156 Å². The number of anilines is 2. The summed E-state index contributed by atoms with van der Waals surface area (Å²) in [6, 6.07) is 13.0. The van der Waals surface area contributed by atoms with Gasteiger partial charge in [-0.05, 0) is 43.2 Å². The summed E-state index contributed by atoms with van der Waals surface area (Å²) in [5, 5.41) is 5.53. The molecule has 0 saturated carbocycles. The predicted octanol–water partition coefficient (Wildman–Crippen LogP) is 4.36. The first-order valence-corrected chi connectivity index (χ1v) is 8.77. The number of para-hydroxylation sites is 1. The van der Waals surface area contributed by atoms with E-state index >= 15 is 0 Å². The molecule has 1 atom stereocenters. The van der Waals surface area contributed by atoms with Gasteiger partial charge >= 0.3 is 6.03 Å². The molecule has 2 N–H and O–H groups in total. The van der Waals surface area contributed by atoms with Crippen LogP contribution in [0.4, 0.5) is 20.6 Å². The lowest BCUT2D eigenvalue weighted by molar-refractivity contribution is -0.121. The minimum atomic E-state index is -0.536. The molecule has 0 spiro atoms. The number of urea groups is 1. The summed E-state index contributed by atoms with van der Waals surface area (Å²) in [6.07, 6.45) is 1.43. The van der Waals surface area contributed by atoms with Crippen LogP contribution in [-0.2, 0) is 4.79 Å². The van der Waals surface area contributed by atoms with Gasteiger partial charge in [-0.25, -0.2) is 9.18 Å². The number of likely N-dealkylation sites (tertiary alicyclic amines) is 1. The van der Waals surface area contributed by atoms with Gasteiger partial charge in [-0.15, -0.1) is 0 Å². The third-order valence-electron chi connectivity index (χ3n) is 4.29. The summed E-state index contributed by atoms with van der Waals surface area (Å²) in [5.74, 6) is -1.06. The fourth-order valence-electron chi connectivity index (χ4n) is 2.92. The summed E-state index contributed by atoms with van der Waals surface area (Å²) in [5.41, 5.74) is 1.15. The first kappa shape index (κ1) is 18.2. The second-order valence-corrected chi connectivity index (χ2v) is 6.61. The fraction of sp³-hybridized carbons (Fsp3) is 0.263. The van der Waals surface area contributed by atoms with Crippen molar-refractivity contribution in [2.24, 2.45) is 5.92 Å². The van der Waals surface area contributed by atoms with Crippen molar-refractivity contribution in [2.45, 2.75) is 12.8 Å². The van der Waals surface area contributed by atoms with Crippen LogP contribution < -0.4 is 10.6 Å². The van der Waals surface area contributed by atoms with Gasteiger partial charge in [-0.3, -0.25) is 4.79 Å². The van der Waals surface area contributed by atoms with Crippen molar-refractivity contribution >= 4 is 34.9 Å². The van der Waals surface area contributed by atoms with E-state index in [0.717, 1.165) is 6.42 Å². The molecular weight excluding hydrogens is 357 g/mol. The van der Waals surface area contributed by atoms with Crippen molar-refractivity contribution < 1.29 is 14.0 Å². The number of hydrogen-bond donors (Lipinski definition) is 2. The Kier molecular flexibility index (Phi) is 5.73. The van der Waals surface area contributed by atoms with Crippen LogP contribution in [0.25, 0.3) is 0 Å². The van der Waals surface area contributed by atoms with Crippen molar-refractivity contribution in [1.82, 2.24) is 4.90 Å². The fourth-order valence-corrected chi connectivity index (χ4v) is 3.10. The number of nitrogens with zero attached hydrogens (tertiary/aromatic N) is 1. The maximum Gasteiger partial charge on any atom is 0.321 e. The third-order valence-corrected chi connectivity index (χ3v) is 4.58. The number of carbonyl (C=O) groups excluding carboxylic acids is 2. The van der Waals surface area contributed by atoms with Gasteiger partial charge in [0.15, 0.2) is 0 Å². The monoisotopic (exact) mass is 375 g/mol. The van der Waals surface area contributed by atoms with Crippen molar-refractivity contribution in [3.63, 3.8) is 0 Å². The molecular formula is C19H19ClFN3O2. The Bertz CT molecular complexity index is 801. The average Bonchev–Trinajstić information content (AvgIpc) is 2.65. The van der Waals surface area contributed by atoms with Crippen LogP contribution in [0.5, 0.6) is 0 Å². The number of nitrogens with one attached hydrogen (secondary N) is 2. The molecule has 2 aromatic rings. The second-order valence-electron chi connectivity index (χ2n) is 6.20. The van der Waals surface area contributed by atoms with E-state index in [9.17, 15) is 14.0 Å². The Morgan fingerprint density at radius 2 is 1.85 bits per heavy atom. The van der Waals surface area contributed by atoms with Gasteiger partial charge in [0.2, 0.25) is 5.91 Å². The van der Waals surface area contributed by atoms with E-state index in [4.69, 9.17) is 11.6 Å². The van der Waals surface area contributed by atoms with Gasteiger partial charge in [0, 0.05) is 24.5 Å². The molecule has 3 amide bonds. The normalized spacial score (nSPS) is 16.8. The Hall–Kier alpha value is -2.60. The Morgan fingerprint density at radius 1 is 1.08 bits per heavy atom. The van der Waals surface area contributed by atoms with E-state index in [-0.39, 0.29) is 22.9 Å². The van der Waals surface area contributed by atoms with Crippen LogP contribution in [0.2, 0.25) is 5.02 Å². The van der Waals surface area contributed by atoms with Crippen LogP contribution >= 0.6 is 11.6 Å². The summed E-state index contributed by atoms with van der Waals surface area (Å²) < 4.78 is 13.2. The minimum Gasteiger partial charge on any atom is -0.326 e. The number of hydrogen-bond acceptors (Lipinski definition) is 2. The first-order valence-electron chi connectivity index (χ1n) is 8.40. The van der Waals surface area contributed by atoms with Crippen LogP contribution in [0.15, 0.2) is 48.5 Å². The number of amides is 3. The molecule has 2 aromatic carbocycles. The molecule has 3 rings (SSSR count). The standard InChI is InChI=1S/C19H19ClFN3O2/c20-16-11-15(8-9-17(16)21)22-18(25)13-5-4-10-24(12-13)19(26)23-14-6-2-1-3-7-14/h1-3,6-9,11,13H,4-5,10,12H2,(H,22,25)(H,23,26)/t13-/m1/s1. The highest BCUT2D eigenvalue weighted by molar-refractivity contribution is 6.31. The molecule has 0 bridgehead atoms. The SMILES string of the molecule is O=C(Nc1ccc(F)c(Cl)c1)[C@@H]1CCCN(C(=O)Nc2ccccc2)C1. The molecule has 0 radical (unpaired) electrons. The lowest BCUT2D eigenvalue weighted by atomic mass is 9.97. The molecule has 1 fully saturated rings. The number of piperidine rings is 1. The van der Waals surface area contributed by atoms with Crippen LogP contribution in [0.3, 0.4) is 0 Å². The van der Waals surface area contributed by atoms with E-state index in [1.165, 1.54) is 18.2 Å². The molecule has 1 saturated heterocycles. The molecule has 0 aromatic heterocycles. The smallest absolute Gasteiger partial charge is 0.321 e. The van der Waals surface area contributed by atoms with E-state index < -0.39 is 5.82 Å². The topological polar surface area (TPSA) is 61.4 Å². The molecule has 5 nitrogen and oxygen atoms in total. The van der Waals surface area contributed by atoms with Gasteiger partial charge in [-0.2, -0.15) is 0 Å². The largest absolute Gasteiger partial charge is 0.326 e. The van der Waals surface area contributed by atoms with Crippen molar-refractivity contribution in [1.29, 1.82) is 0 Å². The van der Waals surface area contributed by atoms with Crippen molar-refractivity contribution in [3.8, 4) is 0 Å². The molecule has 0 aliphatic carbocycles. The zero-order valence-corrected chi connectivity index (χ0v) is 14.8. The molecule has 7 heteroatoms. The van der Waals surface area contributed by atoms with Crippen LogP contribution in [0, 0.1) is 11.7 Å². The van der Waals surface area contributed by atoms with Crippen molar-refractivity contribution in [2.75, 3.05) is 23.7 Å². The molecule has 136 valence electrons. The number of halogens is 2. The highest BCUT2D eigenvalue weighted by Gasteiger charge is 2.28. The molecule has 1 aliphatic rings. The molecule has 0 unspecified atom stereocenters. The minimum absolute atomic E-state index is 0.0460. The third kappa shape index (κ3) is 4.52. The summed E-state index contributed by atoms with van der Waals surface area (Å²) >= 11 is 5.74. The number of benzene rings is 2. The Morgan fingerprint density at radius 3 is 2.58 bits per heavy atom. The van der Waals surface area contributed by atoms with E-state index in [1.807, 2.05) is 30.3 Å². The molecule has 1 aliphatic heterocycles. The van der Waals surface area contributed by atoms with E-state index in [1.54, 1.807) is 4.90 Å². The quantitative estimate of drug-likeness (QED) is 0.837. The zero-order valence-electron chi connectivity index (χ0n) is 14.0. The maximum absolute atomic E-state index is 13.2. The lowest BCUT2D eigenvalue weighted by Gasteiger charge is -2.32. The average molecular weight is 376 g/mol.